The Kier molecular flexibility index (Phi) is 6.07. The van der Waals surface area contributed by atoms with E-state index in [9.17, 15) is 9.90 Å². The lowest BCUT2D eigenvalue weighted by Crippen LogP contribution is -2.41. The Morgan fingerprint density at radius 1 is 1.20 bits per heavy atom. The summed E-state index contributed by atoms with van der Waals surface area (Å²) in [6.45, 7) is 5.59. The molecule has 1 unspecified atom stereocenters. The van der Waals surface area contributed by atoms with E-state index in [-0.39, 0.29) is 24.5 Å². The third kappa shape index (κ3) is 4.21. The number of nitrogens with one attached hydrogen (secondary N) is 1. The molecular weight excluding hydrogens is 318 g/mol. The highest BCUT2D eigenvalue weighted by Crippen LogP contribution is 2.26. The molecule has 1 amide bonds. The molecule has 0 saturated carbocycles. The van der Waals surface area contributed by atoms with Crippen molar-refractivity contribution in [3.8, 4) is 0 Å². The second-order valence-electron chi connectivity index (χ2n) is 6.97. The van der Waals surface area contributed by atoms with Gasteiger partial charge in [-0.05, 0) is 44.2 Å². The minimum absolute atomic E-state index is 0.116. The van der Waals surface area contributed by atoms with E-state index in [4.69, 9.17) is 0 Å². The summed E-state index contributed by atoms with van der Waals surface area (Å²) in [5.74, 6) is 2.02. The number of nitrogens with zero attached hydrogens (tertiary/aromatic N) is 4. The summed E-state index contributed by atoms with van der Waals surface area (Å²) >= 11 is 0. The van der Waals surface area contributed by atoms with Crippen LogP contribution in [0.2, 0.25) is 0 Å². The molecule has 1 aromatic rings. The van der Waals surface area contributed by atoms with Gasteiger partial charge in [0.2, 0.25) is 5.91 Å². The van der Waals surface area contributed by atoms with Crippen LogP contribution in [0.15, 0.2) is 12.1 Å². The second kappa shape index (κ2) is 8.47. The summed E-state index contributed by atoms with van der Waals surface area (Å²) in [6, 6.07) is 4.17. The van der Waals surface area contributed by atoms with Gasteiger partial charge in [-0.3, -0.25) is 4.79 Å². The molecule has 7 nitrogen and oxygen atoms in total. The van der Waals surface area contributed by atoms with E-state index in [0.717, 1.165) is 69.9 Å². The number of hydrogen-bond donors (Lipinski definition) is 2. The Morgan fingerprint density at radius 2 is 1.92 bits per heavy atom. The number of aliphatic hydroxyl groups is 1. The molecule has 1 atom stereocenters. The fraction of sp³-hybridized carbons (Fsp3) is 0.722. The number of aliphatic hydroxyl groups excluding tert-OH is 1. The molecule has 0 spiro atoms. The van der Waals surface area contributed by atoms with E-state index in [1.807, 2.05) is 12.1 Å². The molecule has 7 heteroatoms. The zero-order chi connectivity index (χ0) is 17.6. The van der Waals surface area contributed by atoms with Gasteiger partial charge in [-0.25, -0.2) is 0 Å². The van der Waals surface area contributed by atoms with Gasteiger partial charge in [-0.15, -0.1) is 10.2 Å². The molecule has 2 aliphatic heterocycles. The van der Waals surface area contributed by atoms with Crippen molar-refractivity contribution in [2.24, 2.45) is 5.92 Å². The van der Waals surface area contributed by atoms with E-state index in [1.165, 1.54) is 0 Å². The van der Waals surface area contributed by atoms with Crippen molar-refractivity contribution in [3.63, 3.8) is 0 Å². The van der Waals surface area contributed by atoms with E-state index in [1.54, 1.807) is 0 Å². The highest BCUT2D eigenvalue weighted by molar-refractivity contribution is 5.78. The van der Waals surface area contributed by atoms with Gasteiger partial charge in [0.25, 0.3) is 0 Å². The van der Waals surface area contributed by atoms with Crippen LogP contribution in [0.1, 0.15) is 39.0 Å². The highest BCUT2D eigenvalue weighted by Gasteiger charge is 2.27. The summed E-state index contributed by atoms with van der Waals surface area (Å²) in [4.78, 5) is 16.4. The maximum atomic E-state index is 12.1. The van der Waals surface area contributed by atoms with Crippen molar-refractivity contribution in [1.82, 2.24) is 15.5 Å². The largest absolute Gasteiger partial charge is 0.394 e. The first-order chi connectivity index (χ1) is 12.2. The summed E-state index contributed by atoms with van der Waals surface area (Å²) in [5.41, 5.74) is 0. The van der Waals surface area contributed by atoms with Crippen LogP contribution in [-0.2, 0) is 4.79 Å². The molecule has 2 saturated heterocycles. The van der Waals surface area contributed by atoms with Crippen LogP contribution >= 0.6 is 0 Å². The number of piperidine rings is 1. The van der Waals surface area contributed by atoms with E-state index < -0.39 is 0 Å². The molecule has 0 bridgehead atoms. The van der Waals surface area contributed by atoms with Crippen molar-refractivity contribution in [2.75, 3.05) is 42.6 Å². The summed E-state index contributed by atoms with van der Waals surface area (Å²) in [7, 11) is 0. The SMILES string of the molecule is CCCNC(=O)C1CCN(c2ccc(N3CCCC3CO)nn2)CC1. The van der Waals surface area contributed by atoms with Crippen LogP contribution in [0.25, 0.3) is 0 Å². The lowest BCUT2D eigenvalue weighted by atomic mass is 9.96. The molecule has 0 aromatic carbocycles. The van der Waals surface area contributed by atoms with E-state index >= 15 is 0 Å². The fourth-order valence-corrected chi connectivity index (χ4v) is 3.73. The molecule has 2 fully saturated rings. The van der Waals surface area contributed by atoms with Crippen LogP contribution in [0, 0.1) is 5.92 Å². The fourth-order valence-electron chi connectivity index (χ4n) is 3.73. The van der Waals surface area contributed by atoms with Gasteiger partial charge in [0, 0.05) is 32.1 Å². The first-order valence-corrected chi connectivity index (χ1v) is 9.46. The van der Waals surface area contributed by atoms with Gasteiger partial charge in [-0.2, -0.15) is 0 Å². The summed E-state index contributed by atoms with van der Waals surface area (Å²) < 4.78 is 0. The molecule has 3 rings (SSSR count). The zero-order valence-electron chi connectivity index (χ0n) is 15.0. The average molecular weight is 347 g/mol. The average Bonchev–Trinajstić information content (AvgIpc) is 3.15. The van der Waals surface area contributed by atoms with Crippen LogP contribution in [0.3, 0.4) is 0 Å². The monoisotopic (exact) mass is 347 g/mol. The second-order valence-corrected chi connectivity index (χ2v) is 6.97. The van der Waals surface area contributed by atoms with E-state index in [0.29, 0.717) is 0 Å². The van der Waals surface area contributed by atoms with Crippen LogP contribution in [0.4, 0.5) is 11.6 Å². The molecular formula is C18H29N5O2. The van der Waals surface area contributed by atoms with Gasteiger partial charge >= 0.3 is 0 Å². The number of anilines is 2. The number of rotatable bonds is 6. The molecule has 25 heavy (non-hydrogen) atoms. The van der Waals surface area contributed by atoms with Crippen LogP contribution in [-0.4, -0.2) is 60.0 Å². The first kappa shape index (κ1) is 17.9. The molecule has 138 valence electrons. The van der Waals surface area contributed by atoms with Crippen LogP contribution in [0.5, 0.6) is 0 Å². The van der Waals surface area contributed by atoms with Crippen molar-refractivity contribution in [2.45, 2.75) is 45.1 Å². The number of hydrogen-bond acceptors (Lipinski definition) is 6. The Morgan fingerprint density at radius 3 is 2.56 bits per heavy atom. The molecule has 2 aliphatic rings. The summed E-state index contributed by atoms with van der Waals surface area (Å²) in [6.07, 6.45) is 4.78. The minimum atomic E-state index is 0.116. The van der Waals surface area contributed by atoms with Crippen molar-refractivity contribution < 1.29 is 9.90 Å². The smallest absolute Gasteiger partial charge is 0.223 e. The van der Waals surface area contributed by atoms with Crippen molar-refractivity contribution >= 4 is 17.5 Å². The van der Waals surface area contributed by atoms with Crippen molar-refractivity contribution in [1.29, 1.82) is 0 Å². The predicted octanol–water partition coefficient (Wildman–Crippen LogP) is 1.18. The normalized spacial score (nSPS) is 21.6. The Labute approximate surface area is 149 Å². The predicted molar refractivity (Wildman–Crippen MR) is 97.7 cm³/mol. The lowest BCUT2D eigenvalue weighted by molar-refractivity contribution is -0.125. The standard InChI is InChI=1S/C18H29N5O2/c1-2-9-19-18(25)14-7-11-22(12-8-14)16-5-6-17(21-20-16)23-10-3-4-15(23)13-24/h5-6,14-15,24H,2-4,7-13H2,1H3,(H,19,25). The van der Waals surface area contributed by atoms with E-state index in [2.05, 4.69) is 32.2 Å². The third-order valence-electron chi connectivity index (χ3n) is 5.26. The first-order valence-electron chi connectivity index (χ1n) is 9.46. The molecule has 2 N–H and O–H groups in total. The lowest BCUT2D eigenvalue weighted by Gasteiger charge is -2.32. The number of amides is 1. The topological polar surface area (TPSA) is 81.6 Å². The Balaban J connectivity index is 1.54. The van der Waals surface area contributed by atoms with Gasteiger partial charge in [-0.1, -0.05) is 6.92 Å². The Bertz CT molecular complexity index is 557. The van der Waals surface area contributed by atoms with Gasteiger partial charge in [0.1, 0.15) is 0 Å². The zero-order valence-corrected chi connectivity index (χ0v) is 15.0. The number of aromatic nitrogens is 2. The molecule has 0 radical (unpaired) electrons. The van der Waals surface area contributed by atoms with Gasteiger partial charge < -0.3 is 20.2 Å². The Hall–Kier alpha value is -1.89. The maximum Gasteiger partial charge on any atom is 0.223 e. The minimum Gasteiger partial charge on any atom is -0.394 e. The van der Waals surface area contributed by atoms with Gasteiger partial charge in [0.15, 0.2) is 11.6 Å². The summed E-state index contributed by atoms with van der Waals surface area (Å²) in [5, 5.41) is 21.2. The maximum absolute atomic E-state index is 12.1. The molecule has 3 heterocycles. The van der Waals surface area contributed by atoms with Gasteiger partial charge in [0.05, 0.1) is 12.6 Å². The van der Waals surface area contributed by atoms with Crippen molar-refractivity contribution in [3.05, 3.63) is 12.1 Å². The van der Waals surface area contributed by atoms with Crippen LogP contribution < -0.4 is 15.1 Å². The number of carbonyl (C=O) groups is 1. The number of carbonyl (C=O) groups excluding carboxylic acids is 1. The quantitative estimate of drug-likeness (QED) is 0.804. The molecule has 1 aromatic heterocycles. The molecule has 0 aliphatic carbocycles. The highest BCUT2D eigenvalue weighted by atomic mass is 16.3. The third-order valence-corrected chi connectivity index (χ3v) is 5.26.